The lowest BCUT2D eigenvalue weighted by atomic mass is 9.91. The topological polar surface area (TPSA) is 83.5 Å². The normalized spacial score (nSPS) is 13.9. The van der Waals surface area contributed by atoms with Crippen LogP contribution in [-0.2, 0) is 14.8 Å². The average Bonchev–Trinajstić information content (AvgIpc) is 2.35. The molecule has 6 heteroatoms. The minimum Gasteiger partial charge on any atom is -0.480 e. The van der Waals surface area contributed by atoms with Gasteiger partial charge in [-0.1, -0.05) is 51.1 Å². The minimum absolute atomic E-state index is 0.0567. The Bertz CT molecular complexity index is 561. The van der Waals surface area contributed by atoms with E-state index >= 15 is 0 Å². The highest BCUT2D eigenvalue weighted by molar-refractivity contribution is 7.89. The van der Waals surface area contributed by atoms with Crippen LogP contribution in [0, 0.1) is 5.41 Å². The Kier molecular flexibility index (Phi) is 5.92. The van der Waals surface area contributed by atoms with Crippen molar-refractivity contribution in [3.63, 3.8) is 0 Å². The number of aliphatic carboxylic acids is 1. The molecule has 2 N–H and O–H groups in total. The molecule has 0 saturated carbocycles. The summed E-state index contributed by atoms with van der Waals surface area (Å²) in [6.45, 7) is 6.12. The number of benzene rings is 1. The molecule has 1 aromatic rings. The molecule has 0 amide bonds. The Morgan fingerprint density at radius 2 is 1.81 bits per heavy atom. The third-order valence-electron chi connectivity index (χ3n) is 3.02. The highest BCUT2D eigenvalue weighted by Gasteiger charge is 2.25. The van der Waals surface area contributed by atoms with Gasteiger partial charge in [0.2, 0.25) is 10.0 Å². The Morgan fingerprint density at radius 1 is 1.24 bits per heavy atom. The van der Waals surface area contributed by atoms with Gasteiger partial charge in [0.25, 0.3) is 0 Å². The smallest absolute Gasteiger partial charge is 0.326 e. The van der Waals surface area contributed by atoms with E-state index in [1.165, 1.54) is 0 Å². The van der Waals surface area contributed by atoms with E-state index in [0.29, 0.717) is 12.0 Å². The number of hydrogen-bond donors (Lipinski definition) is 2. The number of hydrogen-bond acceptors (Lipinski definition) is 3. The summed E-state index contributed by atoms with van der Waals surface area (Å²) in [7, 11) is -3.63. The SMILES string of the molecule is CC(C)(C)CCCS(=O)(=O)N[C@@H](C(=O)O)c1ccccc1. The van der Waals surface area contributed by atoms with Crippen LogP contribution in [0.15, 0.2) is 30.3 Å². The van der Waals surface area contributed by atoms with Gasteiger partial charge in [-0.15, -0.1) is 0 Å². The Balaban J connectivity index is 2.73. The van der Waals surface area contributed by atoms with Crippen LogP contribution in [0.3, 0.4) is 0 Å². The summed E-state index contributed by atoms with van der Waals surface area (Å²) in [6, 6.07) is 7.05. The highest BCUT2D eigenvalue weighted by atomic mass is 32.2. The molecular formula is C15H23NO4S. The molecule has 0 saturated heterocycles. The van der Waals surface area contributed by atoms with Crippen LogP contribution in [0.4, 0.5) is 0 Å². The number of sulfonamides is 1. The fraction of sp³-hybridized carbons (Fsp3) is 0.533. The van der Waals surface area contributed by atoms with Crippen molar-refractivity contribution in [1.82, 2.24) is 4.72 Å². The second kappa shape index (κ2) is 7.04. The Labute approximate surface area is 126 Å². The van der Waals surface area contributed by atoms with Crippen molar-refractivity contribution in [3.05, 3.63) is 35.9 Å². The molecule has 21 heavy (non-hydrogen) atoms. The molecule has 0 bridgehead atoms. The number of carboxylic acid groups (broad SMARTS) is 1. The molecule has 118 valence electrons. The standard InChI is InChI=1S/C15H23NO4S/c1-15(2,3)10-7-11-21(19,20)16-13(14(17)18)12-8-5-4-6-9-12/h4-6,8-9,13,16H,7,10-11H2,1-3H3,(H,17,18)/t13-/m1/s1. The number of carbonyl (C=O) groups is 1. The first-order valence-corrected chi connectivity index (χ1v) is 8.54. The summed E-state index contributed by atoms with van der Waals surface area (Å²) in [5, 5.41) is 9.22. The maximum Gasteiger partial charge on any atom is 0.326 e. The summed E-state index contributed by atoms with van der Waals surface area (Å²) >= 11 is 0. The molecule has 0 fully saturated rings. The van der Waals surface area contributed by atoms with Gasteiger partial charge in [-0.25, -0.2) is 8.42 Å². The molecule has 1 rings (SSSR count). The minimum atomic E-state index is -3.63. The van der Waals surface area contributed by atoms with Gasteiger partial charge >= 0.3 is 5.97 Å². The molecule has 0 aliphatic rings. The fourth-order valence-electron chi connectivity index (χ4n) is 1.94. The van der Waals surface area contributed by atoms with Crippen LogP contribution in [0.1, 0.15) is 45.2 Å². The highest BCUT2D eigenvalue weighted by Crippen LogP contribution is 2.21. The predicted molar refractivity (Wildman–Crippen MR) is 82.4 cm³/mol. The van der Waals surface area contributed by atoms with Crippen LogP contribution in [0.5, 0.6) is 0 Å². The molecule has 0 aliphatic carbocycles. The first-order chi connectivity index (χ1) is 9.61. The van der Waals surface area contributed by atoms with Crippen molar-refractivity contribution in [2.75, 3.05) is 5.75 Å². The van der Waals surface area contributed by atoms with Crippen molar-refractivity contribution in [1.29, 1.82) is 0 Å². The van der Waals surface area contributed by atoms with E-state index in [2.05, 4.69) is 4.72 Å². The lowest BCUT2D eigenvalue weighted by Crippen LogP contribution is -2.35. The molecule has 1 aromatic carbocycles. The predicted octanol–water partition coefficient (Wildman–Crippen LogP) is 2.56. The third kappa shape index (κ3) is 6.73. The van der Waals surface area contributed by atoms with Crippen molar-refractivity contribution in [2.45, 2.75) is 39.7 Å². The zero-order valence-electron chi connectivity index (χ0n) is 12.7. The van der Waals surface area contributed by atoms with E-state index < -0.39 is 22.0 Å². The van der Waals surface area contributed by atoms with Crippen molar-refractivity contribution < 1.29 is 18.3 Å². The van der Waals surface area contributed by atoms with E-state index in [0.717, 1.165) is 6.42 Å². The Morgan fingerprint density at radius 3 is 2.29 bits per heavy atom. The number of rotatable bonds is 7. The average molecular weight is 313 g/mol. The van der Waals surface area contributed by atoms with Crippen molar-refractivity contribution in [3.8, 4) is 0 Å². The van der Waals surface area contributed by atoms with E-state index in [1.807, 2.05) is 20.8 Å². The van der Waals surface area contributed by atoms with Gasteiger partial charge in [-0.3, -0.25) is 4.79 Å². The van der Waals surface area contributed by atoms with E-state index in [-0.39, 0.29) is 11.2 Å². The van der Waals surface area contributed by atoms with Crippen LogP contribution in [0.25, 0.3) is 0 Å². The first kappa shape index (κ1) is 17.7. The van der Waals surface area contributed by atoms with Gasteiger partial charge in [0, 0.05) is 0 Å². The quantitative estimate of drug-likeness (QED) is 0.810. The summed E-state index contributed by atoms with van der Waals surface area (Å²) in [5.41, 5.74) is 0.477. The summed E-state index contributed by atoms with van der Waals surface area (Å²) in [4.78, 5) is 11.3. The fourth-order valence-corrected chi connectivity index (χ4v) is 3.18. The Hall–Kier alpha value is -1.40. The van der Waals surface area contributed by atoms with E-state index in [9.17, 15) is 18.3 Å². The van der Waals surface area contributed by atoms with Gasteiger partial charge in [0.15, 0.2) is 0 Å². The zero-order valence-corrected chi connectivity index (χ0v) is 13.5. The summed E-state index contributed by atoms with van der Waals surface area (Å²) < 4.78 is 26.3. The van der Waals surface area contributed by atoms with Gasteiger partial charge in [-0.2, -0.15) is 4.72 Å². The molecule has 0 aliphatic heterocycles. The van der Waals surface area contributed by atoms with Crippen molar-refractivity contribution in [2.24, 2.45) is 5.41 Å². The van der Waals surface area contributed by atoms with Crippen LogP contribution >= 0.6 is 0 Å². The van der Waals surface area contributed by atoms with Gasteiger partial charge in [0.1, 0.15) is 6.04 Å². The van der Waals surface area contributed by atoms with Crippen LogP contribution in [-0.4, -0.2) is 25.2 Å². The van der Waals surface area contributed by atoms with E-state index in [1.54, 1.807) is 30.3 Å². The zero-order chi connectivity index (χ0) is 16.1. The monoisotopic (exact) mass is 313 g/mol. The number of nitrogens with one attached hydrogen (secondary N) is 1. The summed E-state index contributed by atoms with van der Waals surface area (Å²) in [6.07, 6.45) is 1.26. The molecule has 0 unspecified atom stereocenters. The third-order valence-corrected chi connectivity index (χ3v) is 4.44. The van der Waals surface area contributed by atoms with E-state index in [4.69, 9.17) is 0 Å². The second-order valence-corrected chi connectivity index (χ2v) is 8.16. The lowest BCUT2D eigenvalue weighted by molar-refractivity contribution is -0.139. The first-order valence-electron chi connectivity index (χ1n) is 6.88. The maximum absolute atomic E-state index is 12.0. The molecule has 0 radical (unpaired) electrons. The van der Waals surface area contributed by atoms with Gasteiger partial charge in [0.05, 0.1) is 5.75 Å². The molecule has 5 nitrogen and oxygen atoms in total. The van der Waals surface area contributed by atoms with Crippen molar-refractivity contribution >= 4 is 16.0 Å². The maximum atomic E-state index is 12.0. The lowest BCUT2D eigenvalue weighted by Gasteiger charge is -2.19. The number of carboxylic acids is 1. The molecule has 0 aromatic heterocycles. The largest absolute Gasteiger partial charge is 0.480 e. The van der Waals surface area contributed by atoms with Crippen LogP contribution < -0.4 is 4.72 Å². The molecular weight excluding hydrogens is 290 g/mol. The second-order valence-electron chi connectivity index (χ2n) is 6.28. The molecule has 0 heterocycles. The molecule has 1 atom stereocenters. The van der Waals surface area contributed by atoms with Gasteiger partial charge < -0.3 is 5.11 Å². The summed E-state index contributed by atoms with van der Waals surface area (Å²) in [5.74, 6) is -1.28. The van der Waals surface area contributed by atoms with Gasteiger partial charge in [-0.05, 0) is 23.8 Å². The molecule has 0 spiro atoms. The van der Waals surface area contributed by atoms with Crippen LogP contribution in [0.2, 0.25) is 0 Å².